The van der Waals surface area contributed by atoms with Gasteiger partial charge >= 0.3 is 0 Å². The van der Waals surface area contributed by atoms with E-state index in [1.54, 1.807) is 0 Å². The molecular weight excluding hydrogens is 244 g/mol. The minimum absolute atomic E-state index is 0.0702. The van der Waals surface area contributed by atoms with Crippen LogP contribution < -0.4 is 11.1 Å². The van der Waals surface area contributed by atoms with E-state index in [0.717, 1.165) is 16.3 Å². The number of carbonyl (C=O) groups is 1. The third kappa shape index (κ3) is 3.05. The highest BCUT2D eigenvalue weighted by Crippen LogP contribution is 2.18. The van der Waals surface area contributed by atoms with E-state index in [4.69, 9.17) is 18.0 Å². The van der Waals surface area contributed by atoms with Gasteiger partial charge in [0.15, 0.2) is 0 Å². The molecule has 0 atom stereocenters. The number of nitrogens with one attached hydrogen (secondary N) is 1. The summed E-state index contributed by atoms with van der Waals surface area (Å²) in [6.45, 7) is 0.249. The van der Waals surface area contributed by atoms with Crippen LogP contribution in [-0.4, -0.2) is 17.4 Å². The fourth-order valence-corrected chi connectivity index (χ4v) is 1.94. The zero-order chi connectivity index (χ0) is 13.0. The Hall–Kier alpha value is -1.94. The first-order valence-corrected chi connectivity index (χ1v) is 6.09. The van der Waals surface area contributed by atoms with Crippen molar-refractivity contribution in [3.63, 3.8) is 0 Å². The molecule has 0 radical (unpaired) electrons. The van der Waals surface area contributed by atoms with Crippen LogP contribution in [0, 0.1) is 0 Å². The molecule has 3 N–H and O–H groups in total. The van der Waals surface area contributed by atoms with Crippen molar-refractivity contribution >= 4 is 33.9 Å². The molecule has 3 nitrogen and oxygen atoms in total. The number of carbonyl (C=O) groups excluding carboxylic acids is 1. The first kappa shape index (κ1) is 12.5. The standard InChI is InChI=1S/C14H14N2OS/c15-13(18)9-16-14(17)8-11-6-3-5-10-4-1-2-7-12(10)11/h1-7H,8-9H2,(H2,15,18)(H,16,17). The molecule has 0 saturated heterocycles. The van der Waals surface area contributed by atoms with E-state index < -0.39 is 0 Å². The third-order valence-corrected chi connectivity index (χ3v) is 2.84. The lowest BCUT2D eigenvalue weighted by atomic mass is 10.0. The molecule has 1 amide bonds. The second-order valence-corrected chi connectivity index (χ2v) is 4.58. The van der Waals surface area contributed by atoms with Gasteiger partial charge in [-0.1, -0.05) is 54.7 Å². The van der Waals surface area contributed by atoms with E-state index in [9.17, 15) is 4.79 Å². The average molecular weight is 258 g/mol. The molecule has 18 heavy (non-hydrogen) atoms. The Morgan fingerprint density at radius 3 is 2.67 bits per heavy atom. The first-order chi connectivity index (χ1) is 8.66. The third-order valence-electron chi connectivity index (χ3n) is 2.69. The van der Waals surface area contributed by atoms with Gasteiger partial charge in [0, 0.05) is 0 Å². The van der Waals surface area contributed by atoms with Crippen molar-refractivity contribution in [2.24, 2.45) is 5.73 Å². The summed E-state index contributed by atoms with van der Waals surface area (Å²) in [6.07, 6.45) is 0.337. The highest BCUT2D eigenvalue weighted by molar-refractivity contribution is 7.80. The van der Waals surface area contributed by atoms with Gasteiger partial charge in [-0.05, 0) is 16.3 Å². The van der Waals surface area contributed by atoms with Crippen molar-refractivity contribution in [1.29, 1.82) is 0 Å². The maximum Gasteiger partial charge on any atom is 0.224 e. The van der Waals surface area contributed by atoms with Crippen molar-refractivity contribution in [2.45, 2.75) is 6.42 Å². The van der Waals surface area contributed by atoms with Gasteiger partial charge in [-0.2, -0.15) is 0 Å². The lowest BCUT2D eigenvalue weighted by molar-refractivity contribution is -0.120. The molecule has 2 rings (SSSR count). The highest BCUT2D eigenvalue weighted by atomic mass is 32.1. The highest BCUT2D eigenvalue weighted by Gasteiger charge is 2.06. The molecule has 0 heterocycles. The molecule has 0 aliphatic carbocycles. The van der Waals surface area contributed by atoms with Crippen LogP contribution in [0.3, 0.4) is 0 Å². The van der Waals surface area contributed by atoms with E-state index in [0.29, 0.717) is 11.4 Å². The van der Waals surface area contributed by atoms with Crippen molar-refractivity contribution in [3.05, 3.63) is 48.0 Å². The largest absolute Gasteiger partial charge is 0.392 e. The Kier molecular flexibility index (Phi) is 3.89. The lowest BCUT2D eigenvalue weighted by Crippen LogP contribution is -2.33. The Balaban J connectivity index is 2.16. The summed E-state index contributed by atoms with van der Waals surface area (Å²) >= 11 is 4.72. The summed E-state index contributed by atoms with van der Waals surface area (Å²) in [6, 6.07) is 14.0. The Labute approximate surface area is 111 Å². The predicted molar refractivity (Wildman–Crippen MR) is 77.4 cm³/mol. The molecule has 0 spiro atoms. The van der Waals surface area contributed by atoms with Crippen LogP contribution in [0.4, 0.5) is 0 Å². The van der Waals surface area contributed by atoms with Gasteiger partial charge in [-0.3, -0.25) is 4.79 Å². The number of fused-ring (bicyclic) bond motifs is 1. The number of amides is 1. The molecule has 0 aliphatic heterocycles. The summed E-state index contributed by atoms with van der Waals surface area (Å²) in [5.74, 6) is -0.0702. The minimum atomic E-state index is -0.0702. The Morgan fingerprint density at radius 1 is 1.17 bits per heavy atom. The number of nitrogens with two attached hydrogens (primary N) is 1. The maximum atomic E-state index is 11.7. The van der Waals surface area contributed by atoms with Crippen LogP contribution in [0.15, 0.2) is 42.5 Å². The lowest BCUT2D eigenvalue weighted by Gasteiger charge is -2.07. The molecule has 0 aliphatic rings. The molecule has 2 aromatic carbocycles. The van der Waals surface area contributed by atoms with E-state index >= 15 is 0 Å². The molecule has 0 unspecified atom stereocenters. The SMILES string of the molecule is NC(=S)CNC(=O)Cc1cccc2ccccc12. The second kappa shape index (κ2) is 5.60. The zero-order valence-electron chi connectivity index (χ0n) is 9.85. The number of thiocarbonyl (C=S) groups is 1. The quantitative estimate of drug-likeness (QED) is 0.822. The molecule has 0 fully saturated rings. The molecule has 0 saturated carbocycles. The van der Waals surface area contributed by atoms with Gasteiger partial charge in [0.25, 0.3) is 0 Å². The van der Waals surface area contributed by atoms with Gasteiger partial charge in [0.05, 0.1) is 18.0 Å². The number of hydrogen-bond donors (Lipinski definition) is 2. The van der Waals surface area contributed by atoms with Crippen LogP contribution in [0.2, 0.25) is 0 Å². The monoisotopic (exact) mass is 258 g/mol. The summed E-state index contributed by atoms with van der Waals surface area (Å²) in [5.41, 5.74) is 6.35. The summed E-state index contributed by atoms with van der Waals surface area (Å²) in [5, 5.41) is 4.93. The van der Waals surface area contributed by atoms with Crippen molar-refractivity contribution in [3.8, 4) is 0 Å². The fourth-order valence-electron chi connectivity index (χ4n) is 1.87. The maximum absolute atomic E-state index is 11.7. The van der Waals surface area contributed by atoms with E-state index in [1.807, 2.05) is 42.5 Å². The Bertz CT molecular complexity index is 590. The second-order valence-electron chi connectivity index (χ2n) is 4.06. The zero-order valence-corrected chi connectivity index (χ0v) is 10.7. The predicted octanol–water partition coefficient (Wildman–Crippen LogP) is 1.78. The van der Waals surface area contributed by atoms with Crippen molar-refractivity contribution < 1.29 is 4.79 Å². The topological polar surface area (TPSA) is 55.1 Å². The number of hydrogen-bond acceptors (Lipinski definition) is 2. The van der Waals surface area contributed by atoms with Crippen LogP contribution in [0.1, 0.15) is 5.56 Å². The van der Waals surface area contributed by atoms with Crippen LogP contribution in [0.5, 0.6) is 0 Å². The van der Waals surface area contributed by atoms with Crippen LogP contribution in [0.25, 0.3) is 10.8 Å². The van der Waals surface area contributed by atoms with Gasteiger partial charge < -0.3 is 11.1 Å². The molecule has 2 aromatic rings. The average Bonchev–Trinajstić information content (AvgIpc) is 2.37. The molecular formula is C14H14N2OS. The fraction of sp³-hybridized carbons (Fsp3) is 0.143. The first-order valence-electron chi connectivity index (χ1n) is 5.68. The van der Waals surface area contributed by atoms with Gasteiger partial charge in [-0.15, -0.1) is 0 Å². The van der Waals surface area contributed by atoms with Crippen LogP contribution in [-0.2, 0) is 11.2 Å². The molecule has 4 heteroatoms. The smallest absolute Gasteiger partial charge is 0.224 e. The molecule has 92 valence electrons. The van der Waals surface area contributed by atoms with Crippen LogP contribution >= 0.6 is 12.2 Å². The normalized spacial score (nSPS) is 10.2. The Morgan fingerprint density at radius 2 is 1.89 bits per heavy atom. The van der Waals surface area contributed by atoms with E-state index in [-0.39, 0.29) is 12.5 Å². The van der Waals surface area contributed by atoms with E-state index in [1.165, 1.54) is 0 Å². The van der Waals surface area contributed by atoms with Gasteiger partial charge in [-0.25, -0.2) is 0 Å². The molecule has 0 aromatic heterocycles. The minimum Gasteiger partial charge on any atom is -0.392 e. The van der Waals surface area contributed by atoms with Crippen molar-refractivity contribution in [1.82, 2.24) is 5.32 Å². The molecule has 0 bridgehead atoms. The number of rotatable bonds is 4. The van der Waals surface area contributed by atoms with Crippen molar-refractivity contribution in [2.75, 3.05) is 6.54 Å². The van der Waals surface area contributed by atoms with Gasteiger partial charge in [0.2, 0.25) is 5.91 Å². The van der Waals surface area contributed by atoms with Gasteiger partial charge in [0.1, 0.15) is 0 Å². The van der Waals surface area contributed by atoms with E-state index in [2.05, 4.69) is 5.32 Å². The summed E-state index contributed by atoms with van der Waals surface area (Å²) in [7, 11) is 0. The summed E-state index contributed by atoms with van der Waals surface area (Å²) < 4.78 is 0. The number of benzene rings is 2. The summed E-state index contributed by atoms with van der Waals surface area (Å²) in [4.78, 5) is 12.0.